The molecule has 2 N–H and O–H groups in total. The van der Waals surface area contributed by atoms with Crippen molar-refractivity contribution in [2.75, 3.05) is 18.5 Å². The fraction of sp³-hybridized carbons (Fsp3) is 0.375. The average Bonchev–Trinajstić information content (AvgIpc) is 2.79. The van der Waals surface area contributed by atoms with Crippen LogP contribution in [0, 0.1) is 28.6 Å². The van der Waals surface area contributed by atoms with Crippen LogP contribution < -0.4 is 5.32 Å². The number of hydrogen-bond acceptors (Lipinski definition) is 5. The lowest BCUT2D eigenvalue weighted by atomic mass is 9.89. The molecule has 0 unspecified atom stereocenters. The number of nitrogens with zero attached hydrogens (tertiary/aromatic N) is 3. The number of aliphatic imine (C=N–C) groups is 1. The molecule has 1 aromatic carbocycles. The fourth-order valence-electron chi connectivity index (χ4n) is 3.76. The average molecular weight is 386 g/mol. The first-order valence-electron chi connectivity index (χ1n) is 10.2. The lowest BCUT2D eigenvalue weighted by Gasteiger charge is -2.23. The quantitative estimate of drug-likeness (QED) is 0.563. The van der Waals surface area contributed by atoms with E-state index in [0.29, 0.717) is 18.2 Å². The fourth-order valence-corrected chi connectivity index (χ4v) is 3.76. The van der Waals surface area contributed by atoms with E-state index in [1.165, 1.54) is 19.3 Å². The Labute approximate surface area is 172 Å². The van der Waals surface area contributed by atoms with Crippen LogP contribution in [0.5, 0.6) is 0 Å². The van der Waals surface area contributed by atoms with Crippen molar-refractivity contribution in [3.63, 3.8) is 0 Å². The number of benzene rings is 1. The highest BCUT2D eigenvalue weighted by atomic mass is 16.3. The number of nitriles is 2. The number of aliphatic hydroxyl groups is 1. The Bertz CT molecular complexity index is 872. The first-order valence-corrected chi connectivity index (χ1v) is 10.2. The third-order valence-electron chi connectivity index (χ3n) is 5.31. The molecule has 0 heterocycles. The summed E-state index contributed by atoms with van der Waals surface area (Å²) in [7, 11) is 0. The molecule has 2 aliphatic carbocycles. The third kappa shape index (κ3) is 5.44. The predicted octanol–water partition coefficient (Wildman–Crippen LogP) is 4.30. The molecule has 0 spiro atoms. The van der Waals surface area contributed by atoms with Crippen molar-refractivity contribution in [3.05, 3.63) is 65.3 Å². The van der Waals surface area contributed by atoms with Gasteiger partial charge in [0.25, 0.3) is 0 Å². The van der Waals surface area contributed by atoms with Crippen molar-refractivity contribution < 1.29 is 5.11 Å². The van der Waals surface area contributed by atoms with Crippen molar-refractivity contribution in [3.8, 4) is 12.1 Å². The number of aliphatic hydroxyl groups excluding tert-OH is 1. The molecule has 2 aliphatic rings. The van der Waals surface area contributed by atoms with Gasteiger partial charge in [0.15, 0.2) is 0 Å². The molecule has 148 valence electrons. The molecule has 0 saturated heterocycles. The molecular weight excluding hydrogens is 360 g/mol. The SMILES string of the molecule is N#CC(C#N)=C1C=CC(C(=NC2CCCCC2)c2ccc(NCCO)cc2)C=C1. The van der Waals surface area contributed by atoms with Crippen LogP contribution in [-0.2, 0) is 0 Å². The second-order valence-electron chi connectivity index (χ2n) is 7.33. The summed E-state index contributed by atoms with van der Waals surface area (Å²) in [6.45, 7) is 0.614. The molecule has 0 bridgehead atoms. The minimum absolute atomic E-state index is 0.00978. The van der Waals surface area contributed by atoms with Gasteiger partial charge < -0.3 is 10.4 Å². The molecule has 5 heteroatoms. The lowest BCUT2D eigenvalue weighted by molar-refractivity contribution is 0.311. The van der Waals surface area contributed by atoms with E-state index in [0.717, 1.165) is 29.8 Å². The van der Waals surface area contributed by atoms with Crippen molar-refractivity contribution in [2.24, 2.45) is 10.9 Å². The summed E-state index contributed by atoms with van der Waals surface area (Å²) in [6, 6.07) is 12.4. The van der Waals surface area contributed by atoms with Gasteiger partial charge in [-0.1, -0.05) is 55.7 Å². The van der Waals surface area contributed by atoms with Crippen molar-refractivity contribution >= 4 is 11.4 Å². The molecule has 1 aromatic rings. The van der Waals surface area contributed by atoms with Gasteiger partial charge in [-0.25, -0.2) is 0 Å². The lowest BCUT2D eigenvalue weighted by Crippen LogP contribution is -2.19. The van der Waals surface area contributed by atoms with Crippen LogP contribution >= 0.6 is 0 Å². The van der Waals surface area contributed by atoms with E-state index in [2.05, 4.69) is 17.4 Å². The van der Waals surface area contributed by atoms with E-state index in [9.17, 15) is 0 Å². The smallest absolute Gasteiger partial charge is 0.136 e. The Kier molecular flexibility index (Phi) is 7.39. The van der Waals surface area contributed by atoms with Crippen LogP contribution in [-0.4, -0.2) is 30.0 Å². The first-order chi connectivity index (χ1) is 14.2. The molecule has 1 fully saturated rings. The van der Waals surface area contributed by atoms with Crippen LogP contribution in [0.4, 0.5) is 5.69 Å². The highest BCUT2D eigenvalue weighted by molar-refractivity contribution is 6.05. The first kappa shape index (κ1) is 20.6. The molecule has 5 nitrogen and oxygen atoms in total. The van der Waals surface area contributed by atoms with Crippen molar-refractivity contribution in [1.82, 2.24) is 0 Å². The molecule has 3 rings (SSSR count). The Morgan fingerprint density at radius 3 is 2.28 bits per heavy atom. The molecule has 29 heavy (non-hydrogen) atoms. The number of nitrogens with one attached hydrogen (secondary N) is 1. The zero-order valence-corrected chi connectivity index (χ0v) is 16.5. The number of rotatable bonds is 6. The Morgan fingerprint density at radius 1 is 1.03 bits per heavy atom. The van der Waals surface area contributed by atoms with Crippen molar-refractivity contribution in [1.29, 1.82) is 10.5 Å². The van der Waals surface area contributed by atoms with E-state index >= 15 is 0 Å². The zero-order valence-electron chi connectivity index (χ0n) is 16.5. The van der Waals surface area contributed by atoms with Gasteiger partial charge in [0, 0.05) is 23.7 Å². The zero-order chi connectivity index (χ0) is 20.5. The minimum Gasteiger partial charge on any atom is -0.395 e. The maximum Gasteiger partial charge on any atom is 0.136 e. The number of allylic oxidation sites excluding steroid dienone is 6. The Balaban J connectivity index is 1.89. The standard InChI is InChI=1S/C24H26N4O/c25-16-21(17-26)18-6-8-19(9-7-18)24(28-23-4-2-1-3-5-23)20-10-12-22(13-11-20)27-14-15-29/h6-13,19,23,27,29H,1-5,14-15H2. The highest BCUT2D eigenvalue weighted by Crippen LogP contribution is 2.26. The summed E-state index contributed by atoms with van der Waals surface area (Å²) in [5.41, 5.74) is 3.82. The van der Waals surface area contributed by atoms with E-state index in [1.54, 1.807) is 0 Å². The minimum atomic E-state index is 0.00978. The van der Waals surface area contributed by atoms with Gasteiger partial charge in [0.2, 0.25) is 0 Å². The summed E-state index contributed by atoms with van der Waals surface area (Å²) in [5, 5.41) is 30.3. The summed E-state index contributed by atoms with van der Waals surface area (Å²) in [6.07, 6.45) is 13.7. The third-order valence-corrected chi connectivity index (χ3v) is 5.31. The summed E-state index contributed by atoms with van der Waals surface area (Å²) < 4.78 is 0. The van der Waals surface area contributed by atoms with Gasteiger partial charge in [-0.2, -0.15) is 10.5 Å². The van der Waals surface area contributed by atoms with E-state index in [4.69, 9.17) is 20.6 Å². The maximum absolute atomic E-state index is 9.09. The molecule has 0 atom stereocenters. The Morgan fingerprint density at radius 2 is 1.69 bits per heavy atom. The molecule has 0 amide bonds. The van der Waals surface area contributed by atoms with Crippen LogP contribution in [0.3, 0.4) is 0 Å². The van der Waals surface area contributed by atoms with Gasteiger partial charge in [0.1, 0.15) is 17.7 Å². The van der Waals surface area contributed by atoms with Gasteiger partial charge >= 0.3 is 0 Å². The normalized spacial score (nSPS) is 19.5. The molecular formula is C24H26N4O. The maximum atomic E-state index is 9.09. The monoisotopic (exact) mass is 386 g/mol. The van der Waals surface area contributed by atoms with Crippen LogP contribution in [0.2, 0.25) is 0 Å². The van der Waals surface area contributed by atoms with Crippen LogP contribution in [0.25, 0.3) is 0 Å². The topological polar surface area (TPSA) is 92.2 Å². The predicted molar refractivity (Wildman–Crippen MR) is 115 cm³/mol. The highest BCUT2D eigenvalue weighted by Gasteiger charge is 2.20. The molecule has 0 radical (unpaired) electrons. The van der Waals surface area contributed by atoms with E-state index in [1.807, 2.05) is 48.6 Å². The molecule has 0 aliphatic heterocycles. The van der Waals surface area contributed by atoms with Gasteiger partial charge in [0.05, 0.1) is 18.4 Å². The van der Waals surface area contributed by atoms with Crippen LogP contribution in [0.1, 0.15) is 37.7 Å². The second-order valence-corrected chi connectivity index (χ2v) is 7.33. The van der Waals surface area contributed by atoms with E-state index in [-0.39, 0.29) is 18.1 Å². The second kappa shape index (κ2) is 10.4. The van der Waals surface area contributed by atoms with Gasteiger partial charge in [-0.05, 0) is 30.5 Å². The van der Waals surface area contributed by atoms with E-state index < -0.39 is 0 Å². The van der Waals surface area contributed by atoms with Gasteiger partial charge in [-0.15, -0.1) is 0 Å². The van der Waals surface area contributed by atoms with Crippen LogP contribution in [0.15, 0.2) is 64.7 Å². The number of hydrogen-bond donors (Lipinski definition) is 2. The summed E-state index contributed by atoms with van der Waals surface area (Å²) in [4.78, 5) is 5.14. The molecule has 0 aromatic heterocycles. The largest absolute Gasteiger partial charge is 0.395 e. The molecule has 1 saturated carbocycles. The summed E-state index contributed by atoms with van der Waals surface area (Å²) in [5.74, 6) is 0.00978. The van der Waals surface area contributed by atoms with Crippen molar-refractivity contribution in [2.45, 2.75) is 38.1 Å². The van der Waals surface area contributed by atoms with Gasteiger partial charge in [-0.3, -0.25) is 4.99 Å². The number of anilines is 1. The Hall–Kier alpha value is -3.15. The summed E-state index contributed by atoms with van der Waals surface area (Å²) >= 11 is 0.